The molecule has 0 aromatic heterocycles. The van der Waals surface area contributed by atoms with E-state index >= 15 is 0 Å². The van der Waals surface area contributed by atoms with Crippen LogP contribution in [0.5, 0.6) is 0 Å². The van der Waals surface area contributed by atoms with E-state index in [1.54, 1.807) is 0 Å². The topological polar surface area (TPSA) is 6.48 Å². The number of benzene rings is 6. The molecule has 0 saturated heterocycles. The van der Waals surface area contributed by atoms with E-state index in [0.717, 1.165) is 30.6 Å². The summed E-state index contributed by atoms with van der Waals surface area (Å²) in [5, 5.41) is 0. The van der Waals surface area contributed by atoms with Crippen molar-refractivity contribution in [2.45, 2.75) is 78.2 Å². The zero-order valence-electron chi connectivity index (χ0n) is 32.5. The number of allylic oxidation sites excluding steroid dienone is 2. The molecule has 272 valence electrons. The van der Waals surface area contributed by atoms with Crippen molar-refractivity contribution < 1.29 is 0 Å². The lowest BCUT2D eigenvalue weighted by Gasteiger charge is -2.45. The first-order valence-corrected chi connectivity index (χ1v) is 19.9. The highest BCUT2D eigenvalue weighted by molar-refractivity contribution is 5.82. The highest BCUT2D eigenvalue weighted by atomic mass is 15.2. The van der Waals surface area contributed by atoms with Crippen LogP contribution < -0.4 is 9.80 Å². The van der Waals surface area contributed by atoms with Gasteiger partial charge < -0.3 is 9.80 Å². The van der Waals surface area contributed by atoms with Crippen LogP contribution in [0.25, 0.3) is 5.57 Å². The molecule has 0 fully saturated rings. The van der Waals surface area contributed by atoms with Gasteiger partial charge >= 0.3 is 0 Å². The van der Waals surface area contributed by atoms with Gasteiger partial charge in [0, 0.05) is 28.4 Å². The Labute approximate surface area is 324 Å². The van der Waals surface area contributed by atoms with E-state index in [2.05, 4.69) is 207 Å². The van der Waals surface area contributed by atoms with E-state index < -0.39 is 5.54 Å². The van der Waals surface area contributed by atoms with Crippen molar-refractivity contribution in [3.8, 4) is 0 Å². The summed E-state index contributed by atoms with van der Waals surface area (Å²) in [4.78, 5) is 4.91. The first-order chi connectivity index (χ1) is 26.5. The lowest BCUT2D eigenvalue weighted by Crippen LogP contribution is -2.42. The molecule has 1 atom stereocenters. The smallest absolute Gasteiger partial charge is 0.0923 e. The second kappa shape index (κ2) is 17.0. The third kappa shape index (κ3) is 8.14. The number of rotatable bonds is 14. The van der Waals surface area contributed by atoms with Crippen molar-refractivity contribution in [2.24, 2.45) is 0 Å². The SMILES string of the molecule is CCCCc1ccc(N(c2ccc(C)cc2)c2ccc(C3=CCC(c4ccccc4)(N(c4ccc(C)cc4)c4ccc(CCCC)cc4)C=C3)cc2)cc1. The molecule has 0 aliphatic heterocycles. The minimum absolute atomic E-state index is 0.406. The Morgan fingerprint density at radius 3 is 1.41 bits per heavy atom. The van der Waals surface area contributed by atoms with Crippen LogP contribution in [0, 0.1) is 13.8 Å². The van der Waals surface area contributed by atoms with Gasteiger partial charge in [-0.1, -0.05) is 147 Å². The van der Waals surface area contributed by atoms with E-state index in [9.17, 15) is 0 Å². The van der Waals surface area contributed by atoms with Gasteiger partial charge in [-0.2, -0.15) is 0 Å². The number of nitrogens with zero attached hydrogens (tertiary/aromatic N) is 2. The van der Waals surface area contributed by atoms with Gasteiger partial charge in [0.1, 0.15) is 0 Å². The van der Waals surface area contributed by atoms with Crippen LogP contribution in [0.4, 0.5) is 28.4 Å². The third-order valence-electron chi connectivity index (χ3n) is 10.9. The molecule has 54 heavy (non-hydrogen) atoms. The summed E-state index contributed by atoms with van der Waals surface area (Å²) in [6.07, 6.45) is 15.1. The molecule has 6 aromatic carbocycles. The van der Waals surface area contributed by atoms with Crippen LogP contribution >= 0.6 is 0 Å². The lowest BCUT2D eigenvalue weighted by atomic mass is 9.79. The van der Waals surface area contributed by atoms with Gasteiger partial charge in [-0.15, -0.1) is 0 Å². The summed E-state index contributed by atoms with van der Waals surface area (Å²) in [5.74, 6) is 0. The van der Waals surface area contributed by atoms with Gasteiger partial charge in [0.2, 0.25) is 0 Å². The monoisotopic (exact) mass is 706 g/mol. The Balaban J connectivity index is 1.23. The highest BCUT2D eigenvalue weighted by Crippen LogP contribution is 2.46. The molecule has 0 bridgehead atoms. The van der Waals surface area contributed by atoms with Crippen molar-refractivity contribution in [1.82, 2.24) is 0 Å². The van der Waals surface area contributed by atoms with E-state index in [1.165, 1.54) is 81.7 Å². The zero-order valence-corrected chi connectivity index (χ0v) is 32.5. The first kappa shape index (κ1) is 36.7. The third-order valence-corrected chi connectivity index (χ3v) is 10.9. The van der Waals surface area contributed by atoms with Gasteiger partial charge in [-0.05, 0) is 134 Å². The van der Waals surface area contributed by atoms with Crippen molar-refractivity contribution in [1.29, 1.82) is 0 Å². The Morgan fingerprint density at radius 1 is 0.500 bits per heavy atom. The van der Waals surface area contributed by atoms with Crippen LogP contribution in [-0.2, 0) is 18.4 Å². The summed E-state index contributed by atoms with van der Waals surface area (Å²) >= 11 is 0. The molecule has 1 unspecified atom stereocenters. The van der Waals surface area contributed by atoms with Crippen LogP contribution in [0.2, 0.25) is 0 Å². The molecule has 0 amide bonds. The minimum atomic E-state index is -0.406. The molecule has 0 spiro atoms. The van der Waals surface area contributed by atoms with E-state index in [1.807, 2.05) is 0 Å². The van der Waals surface area contributed by atoms with Crippen molar-refractivity contribution >= 4 is 34.0 Å². The molecular weight excluding hydrogens is 653 g/mol. The fraction of sp³-hybridized carbons (Fsp3) is 0.231. The summed E-state index contributed by atoms with van der Waals surface area (Å²) in [7, 11) is 0. The van der Waals surface area contributed by atoms with Gasteiger partial charge in [-0.25, -0.2) is 0 Å². The molecule has 0 saturated carbocycles. The largest absolute Gasteiger partial charge is 0.327 e. The minimum Gasteiger partial charge on any atom is -0.327 e. The van der Waals surface area contributed by atoms with E-state index in [0.29, 0.717) is 0 Å². The molecule has 1 aliphatic carbocycles. The lowest BCUT2D eigenvalue weighted by molar-refractivity contribution is 0.548. The second-order valence-electron chi connectivity index (χ2n) is 14.9. The fourth-order valence-electron chi connectivity index (χ4n) is 7.71. The number of hydrogen-bond acceptors (Lipinski definition) is 2. The predicted molar refractivity (Wildman–Crippen MR) is 233 cm³/mol. The van der Waals surface area contributed by atoms with Gasteiger partial charge in [-0.3, -0.25) is 0 Å². The molecule has 0 heterocycles. The van der Waals surface area contributed by atoms with Crippen molar-refractivity contribution in [2.75, 3.05) is 9.80 Å². The Bertz CT molecular complexity index is 2140. The maximum Gasteiger partial charge on any atom is 0.0923 e. The quantitative estimate of drug-likeness (QED) is 0.111. The number of aryl methyl sites for hydroxylation is 4. The average Bonchev–Trinajstić information content (AvgIpc) is 3.22. The summed E-state index contributed by atoms with van der Waals surface area (Å²) in [6, 6.07) is 56.4. The van der Waals surface area contributed by atoms with Crippen molar-refractivity contribution in [3.05, 3.63) is 203 Å². The molecular formula is C52H54N2. The molecule has 6 aromatic rings. The Morgan fingerprint density at radius 2 is 0.944 bits per heavy atom. The molecule has 7 rings (SSSR count). The standard InChI is InChI=1S/C52H54N2/c1-5-7-12-42-20-30-48(31-21-42)53(47-26-16-40(3)17-27-47)49-34-24-44(25-35-49)45-36-38-52(39-37-45,46-14-10-9-11-15-46)54(50-28-18-41(4)19-29-50)51-32-22-43(23-33-51)13-8-6-2/h9-11,14-38H,5-8,12-13,39H2,1-4H3. The average molecular weight is 707 g/mol. The Hall–Kier alpha value is -5.60. The number of anilines is 5. The summed E-state index contributed by atoms with van der Waals surface area (Å²) in [6.45, 7) is 8.82. The van der Waals surface area contributed by atoms with Crippen LogP contribution in [0.15, 0.2) is 170 Å². The number of hydrogen-bond donors (Lipinski definition) is 0. The Kier molecular flexibility index (Phi) is 11.6. The van der Waals surface area contributed by atoms with Crippen LogP contribution in [0.3, 0.4) is 0 Å². The van der Waals surface area contributed by atoms with Gasteiger partial charge in [0.15, 0.2) is 0 Å². The maximum atomic E-state index is 2.55. The van der Waals surface area contributed by atoms with Gasteiger partial charge in [0.25, 0.3) is 0 Å². The van der Waals surface area contributed by atoms with E-state index in [4.69, 9.17) is 0 Å². The summed E-state index contributed by atoms with van der Waals surface area (Å²) < 4.78 is 0. The zero-order chi connectivity index (χ0) is 37.3. The predicted octanol–water partition coefficient (Wildman–Crippen LogP) is 14.5. The van der Waals surface area contributed by atoms with E-state index in [-0.39, 0.29) is 0 Å². The summed E-state index contributed by atoms with van der Waals surface area (Å²) in [5.41, 5.74) is 14.5. The van der Waals surface area contributed by atoms with Crippen molar-refractivity contribution in [3.63, 3.8) is 0 Å². The number of unbranched alkanes of at least 4 members (excludes halogenated alkanes) is 2. The molecule has 2 heteroatoms. The molecule has 1 aliphatic rings. The highest BCUT2D eigenvalue weighted by Gasteiger charge is 2.38. The normalized spacial score (nSPS) is 15.1. The van der Waals surface area contributed by atoms with Crippen LogP contribution in [-0.4, -0.2) is 0 Å². The van der Waals surface area contributed by atoms with Gasteiger partial charge in [0.05, 0.1) is 5.54 Å². The maximum absolute atomic E-state index is 2.55. The fourth-order valence-corrected chi connectivity index (χ4v) is 7.71. The molecule has 0 radical (unpaired) electrons. The van der Waals surface area contributed by atoms with Crippen LogP contribution in [0.1, 0.15) is 79.3 Å². The molecule has 2 nitrogen and oxygen atoms in total. The first-order valence-electron chi connectivity index (χ1n) is 19.9. The second-order valence-corrected chi connectivity index (χ2v) is 14.9. The molecule has 0 N–H and O–H groups in total.